The molecule has 1 saturated heterocycles. The molecule has 0 spiro atoms. The van der Waals surface area contributed by atoms with Gasteiger partial charge in [-0.05, 0) is 38.5 Å². The highest BCUT2D eigenvalue weighted by molar-refractivity contribution is 5.79. The number of likely N-dealkylation sites (tertiary alicyclic amines) is 1. The third-order valence-corrected chi connectivity index (χ3v) is 4.02. The van der Waals surface area contributed by atoms with Crippen molar-refractivity contribution in [3.8, 4) is 5.75 Å². The Bertz CT molecular complexity index is 592. The minimum absolute atomic E-state index is 0.0676. The maximum Gasteiger partial charge on any atom is 0.407 e. The molecule has 24 heavy (non-hydrogen) atoms. The average Bonchev–Trinajstić information content (AvgIpc) is 2.49. The molecule has 1 heterocycles. The second-order valence-electron chi connectivity index (χ2n) is 7.11. The number of benzene rings is 1. The third kappa shape index (κ3) is 4.63. The number of rotatable bonds is 3. The number of methoxy groups -OCH3 is 1. The number of nitrogens with one attached hydrogen (secondary N) is 1. The fourth-order valence-electron chi connectivity index (χ4n) is 2.82. The number of likely N-dealkylation sites (N-methyl/N-ethyl adjacent to an activating group) is 1. The van der Waals surface area contributed by atoms with E-state index in [0.717, 1.165) is 11.3 Å². The predicted molar refractivity (Wildman–Crippen MR) is 91.1 cm³/mol. The van der Waals surface area contributed by atoms with E-state index in [9.17, 15) is 9.59 Å². The van der Waals surface area contributed by atoms with E-state index in [4.69, 9.17) is 9.47 Å². The highest BCUT2D eigenvalue weighted by Gasteiger charge is 2.35. The zero-order valence-electron chi connectivity index (χ0n) is 15.0. The van der Waals surface area contributed by atoms with E-state index in [1.165, 1.54) is 0 Å². The summed E-state index contributed by atoms with van der Waals surface area (Å²) < 4.78 is 10.5. The van der Waals surface area contributed by atoms with Crippen LogP contribution in [0.3, 0.4) is 0 Å². The van der Waals surface area contributed by atoms with Crippen LogP contribution in [0.5, 0.6) is 5.75 Å². The summed E-state index contributed by atoms with van der Waals surface area (Å²) >= 11 is 0. The van der Waals surface area contributed by atoms with Crippen LogP contribution in [0.15, 0.2) is 24.3 Å². The van der Waals surface area contributed by atoms with Crippen molar-refractivity contribution in [3.05, 3.63) is 29.8 Å². The van der Waals surface area contributed by atoms with Gasteiger partial charge >= 0.3 is 6.09 Å². The molecule has 1 aromatic carbocycles. The Kier molecular flexibility index (Phi) is 5.36. The van der Waals surface area contributed by atoms with Crippen LogP contribution in [0.2, 0.25) is 0 Å². The number of piperidine rings is 1. The molecule has 132 valence electrons. The number of nitrogens with zero attached hydrogens (tertiary/aromatic N) is 1. The van der Waals surface area contributed by atoms with Gasteiger partial charge in [0.2, 0.25) is 5.91 Å². The molecule has 6 heteroatoms. The van der Waals surface area contributed by atoms with Gasteiger partial charge in [-0.2, -0.15) is 0 Å². The summed E-state index contributed by atoms with van der Waals surface area (Å²) in [5, 5.41) is 2.92. The van der Waals surface area contributed by atoms with Crippen molar-refractivity contribution in [2.75, 3.05) is 20.7 Å². The maximum absolute atomic E-state index is 12.1. The van der Waals surface area contributed by atoms with Crippen molar-refractivity contribution in [1.82, 2.24) is 10.2 Å². The first-order chi connectivity index (χ1) is 11.2. The molecule has 0 unspecified atom stereocenters. The number of carbonyl (C=O) groups excluding carboxylic acids is 2. The predicted octanol–water partition coefficient (Wildman–Crippen LogP) is 2.53. The van der Waals surface area contributed by atoms with Gasteiger partial charge in [0.05, 0.1) is 13.2 Å². The van der Waals surface area contributed by atoms with Gasteiger partial charge in [-0.25, -0.2) is 4.79 Å². The first kappa shape index (κ1) is 18.1. The lowest BCUT2D eigenvalue weighted by atomic mass is 9.85. The first-order valence-corrected chi connectivity index (χ1v) is 8.07. The fraction of sp³-hybridized carbons (Fsp3) is 0.556. The lowest BCUT2D eigenvalue weighted by Gasteiger charge is -2.37. The summed E-state index contributed by atoms with van der Waals surface area (Å²) in [5.41, 5.74) is 0.439. The zero-order chi connectivity index (χ0) is 17.9. The monoisotopic (exact) mass is 334 g/mol. The third-order valence-electron chi connectivity index (χ3n) is 4.02. The number of amides is 2. The van der Waals surface area contributed by atoms with Gasteiger partial charge < -0.3 is 19.7 Å². The van der Waals surface area contributed by atoms with Gasteiger partial charge in [-0.15, -0.1) is 0 Å². The summed E-state index contributed by atoms with van der Waals surface area (Å²) in [7, 11) is 3.36. The maximum atomic E-state index is 12.1. The Morgan fingerprint density at radius 2 is 1.88 bits per heavy atom. The molecule has 2 rings (SSSR count). The minimum atomic E-state index is -0.559. The lowest BCUT2D eigenvalue weighted by molar-refractivity contribution is -0.133. The zero-order valence-corrected chi connectivity index (χ0v) is 15.0. The second-order valence-corrected chi connectivity index (χ2v) is 7.11. The Morgan fingerprint density at radius 3 is 2.42 bits per heavy atom. The van der Waals surface area contributed by atoms with Crippen LogP contribution in [0, 0.1) is 0 Å². The van der Waals surface area contributed by atoms with Crippen LogP contribution < -0.4 is 10.1 Å². The van der Waals surface area contributed by atoms with Gasteiger partial charge in [-0.1, -0.05) is 12.1 Å². The van der Waals surface area contributed by atoms with Crippen molar-refractivity contribution >= 4 is 12.0 Å². The summed E-state index contributed by atoms with van der Waals surface area (Å²) in [6.45, 7) is 5.92. The lowest BCUT2D eigenvalue weighted by Crippen LogP contribution is -2.53. The number of carbonyl (C=O) groups is 2. The van der Waals surface area contributed by atoms with Crippen LogP contribution in [-0.2, 0) is 9.53 Å². The summed E-state index contributed by atoms with van der Waals surface area (Å²) in [6.07, 6.45) is -0.114. The molecule has 0 radical (unpaired) electrons. The fourth-order valence-corrected chi connectivity index (χ4v) is 2.82. The van der Waals surface area contributed by atoms with Crippen molar-refractivity contribution in [1.29, 1.82) is 0 Å². The molecule has 2 atom stereocenters. The molecule has 1 aromatic rings. The van der Waals surface area contributed by atoms with E-state index in [1.54, 1.807) is 19.1 Å². The quantitative estimate of drug-likeness (QED) is 0.922. The first-order valence-electron chi connectivity index (χ1n) is 8.07. The molecule has 1 fully saturated rings. The molecule has 1 aliphatic heterocycles. The highest BCUT2D eigenvalue weighted by atomic mass is 16.6. The van der Waals surface area contributed by atoms with Crippen molar-refractivity contribution in [3.63, 3.8) is 0 Å². The van der Waals surface area contributed by atoms with Gasteiger partial charge in [0.1, 0.15) is 11.4 Å². The number of alkyl carbamates (subject to hydrolysis) is 1. The van der Waals surface area contributed by atoms with E-state index in [0.29, 0.717) is 13.0 Å². The van der Waals surface area contributed by atoms with Crippen molar-refractivity contribution < 1.29 is 19.1 Å². The minimum Gasteiger partial charge on any atom is -0.497 e. The van der Waals surface area contributed by atoms with E-state index in [2.05, 4.69) is 5.32 Å². The molecular formula is C18H26N2O4. The van der Waals surface area contributed by atoms with Gasteiger partial charge in [0.15, 0.2) is 0 Å². The van der Waals surface area contributed by atoms with Crippen molar-refractivity contribution in [2.45, 2.75) is 44.8 Å². The standard InChI is InChI=1S/C18H26N2O4/c1-18(2,3)24-17(22)19-15-11-20(4)16(21)10-14(15)12-6-8-13(23-5)9-7-12/h6-9,14-15H,10-11H2,1-5H3,(H,19,22)/t14-,15+/m0/s1. The van der Waals surface area contributed by atoms with Crippen LogP contribution in [-0.4, -0.2) is 49.2 Å². The molecule has 0 bridgehead atoms. The summed E-state index contributed by atoms with van der Waals surface area (Å²) in [4.78, 5) is 25.9. The molecule has 6 nitrogen and oxygen atoms in total. The average molecular weight is 334 g/mol. The van der Waals surface area contributed by atoms with Crippen LogP contribution in [0.1, 0.15) is 38.7 Å². The number of hydrogen-bond donors (Lipinski definition) is 1. The van der Waals surface area contributed by atoms with E-state index >= 15 is 0 Å². The Hall–Kier alpha value is -2.24. The molecule has 0 aromatic heterocycles. The molecule has 1 aliphatic rings. The Balaban J connectivity index is 2.17. The van der Waals surface area contributed by atoms with Gasteiger partial charge in [0.25, 0.3) is 0 Å². The Labute approximate surface area is 143 Å². The normalized spacial score (nSPS) is 21.4. The molecule has 2 amide bonds. The molecule has 0 saturated carbocycles. The van der Waals surface area contributed by atoms with E-state index < -0.39 is 11.7 Å². The van der Waals surface area contributed by atoms with Crippen LogP contribution >= 0.6 is 0 Å². The van der Waals surface area contributed by atoms with E-state index in [1.807, 2.05) is 45.0 Å². The topological polar surface area (TPSA) is 67.9 Å². The molecule has 0 aliphatic carbocycles. The molecule has 1 N–H and O–H groups in total. The number of hydrogen-bond acceptors (Lipinski definition) is 4. The van der Waals surface area contributed by atoms with Gasteiger partial charge in [0, 0.05) is 25.9 Å². The Morgan fingerprint density at radius 1 is 1.25 bits per heavy atom. The van der Waals surface area contributed by atoms with Crippen LogP contribution in [0.4, 0.5) is 4.79 Å². The van der Waals surface area contributed by atoms with E-state index in [-0.39, 0.29) is 17.9 Å². The largest absolute Gasteiger partial charge is 0.497 e. The van der Waals surface area contributed by atoms with Crippen LogP contribution in [0.25, 0.3) is 0 Å². The number of ether oxygens (including phenoxy) is 2. The SMILES string of the molecule is COc1ccc([C@@H]2CC(=O)N(C)C[C@H]2NC(=O)OC(C)(C)C)cc1. The summed E-state index contributed by atoms with van der Waals surface area (Å²) in [5.74, 6) is 0.736. The molecular weight excluding hydrogens is 308 g/mol. The summed E-state index contributed by atoms with van der Waals surface area (Å²) in [6, 6.07) is 7.40. The smallest absolute Gasteiger partial charge is 0.407 e. The highest BCUT2D eigenvalue weighted by Crippen LogP contribution is 2.30. The van der Waals surface area contributed by atoms with Crippen molar-refractivity contribution in [2.24, 2.45) is 0 Å². The second kappa shape index (κ2) is 7.11. The van der Waals surface area contributed by atoms with Gasteiger partial charge in [-0.3, -0.25) is 4.79 Å².